The molecule has 7 heteroatoms. The zero-order valence-corrected chi connectivity index (χ0v) is 16.5. The Hall–Kier alpha value is -2.12. The van der Waals surface area contributed by atoms with Crippen LogP contribution in [0.2, 0.25) is 0 Å². The normalized spacial score (nSPS) is 14.9. The van der Waals surface area contributed by atoms with Crippen LogP contribution in [0.1, 0.15) is 42.5 Å². The van der Waals surface area contributed by atoms with Crippen molar-refractivity contribution >= 4 is 17.5 Å². The van der Waals surface area contributed by atoms with Crippen molar-refractivity contribution in [1.29, 1.82) is 0 Å². The van der Waals surface area contributed by atoms with E-state index in [0.29, 0.717) is 43.1 Å². The van der Waals surface area contributed by atoms with Crippen molar-refractivity contribution in [2.75, 3.05) is 52.2 Å². The fourth-order valence-corrected chi connectivity index (χ4v) is 3.13. The third kappa shape index (κ3) is 6.52. The highest BCUT2D eigenvalue weighted by Crippen LogP contribution is 2.26. The van der Waals surface area contributed by atoms with E-state index in [-0.39, 0.29) is 11.8 Å². The Balaban J connectivity index is 1.97. The van der Waals surface area contributed by atoms with Gasteiger partial charge in [0.05, 0.1) is 12.8 Å². The van der Waals surface area contributed by atoms with Gasteiger partial charge in [0.25, 0.3) is 5.91 Å². The minimum atomic E-state index is -0.0646. The summed E-state index contributed by atoms with van der Waals surface area (Å²) in [5.74, 6) is 0.481. The van der Waals surface area contributed by atoms with Gasteiger partial charge in [-0.05, 0) is 44.6 Å². The lowest BCUT2D eigenvalue weighted by atomic mass is 10.1. The number of amides is 2. The van der Waals surface area contributed by atoms with Gasteiger partial charge in [0.1, 0.15) is 5.75 Å². The lowest BCUT2D eigenvalue weighted by Gasteiger charge is -2.32. The van der Waals surface area contributed by atoms with Gasteiger partial charge in [-0.1, -0.05) is 12.8 Å². The fourth-order valence-electron chi connectivity index (χ4n) is 3.13. The van der Waals surface area contributed by atoms with Crippen molar-refractivity contribution in [3.63, 3.8) is 0 Å². The third-order valence-electron chi connectivity index (χ3n) is 4.87. The lowest BCUT2D eigenvalue weighted by Crippen LogP contribution is -2.47. The van der Waals surface area contributed by atoms with Crippen LogP contribution in [0.15, 0.2) is 18.2 Å². The Labute approximate surface area is 161 Å². The number of carbonyl (C=O) groups is 2. The summed E-state index contributed by atoms with van der Waals surface area (Å²) in [6, 6.07) is 5.20. The minimum Gasteiger partial charge on any atom is -0.495 e. The summed E-state index contributed by atoms with van der Waals surface area (Å²) in [5.41, 5.74) is 6.59. The zero-order chi connectivity index (χ0) is 19.6. The number of carbonyl (C=O) groups excluding carboxylic acids is 2. The Morgan fingerprint density at radius 1 is 1.11 bits per heavy atom. The van der Waals surface area contributed by atoms with Crippen LogP contribution in [0.4, 0.5) is 5.69 Å². The summed E-state index contributed by atoms with van der Waals surface area (Å²) in [6.07, 6.45) is 4.30. The molecule has 1 fully saturated rings. The van der Waals surface area contributed by atoms with Crippen LogP contribution >= 0.6 is 0 Å². The topological polar surface area (TPSA) is 87.9 Å². The molecule has 0 saturated carbocycles. The van der Waals surface area contributed by atoms with Gasteiger partial charge in [-0.25, -0.2) is 0 Å². The van der Waals surface area contributed by atoms with Crippen molar-refractivity contribution in [3.8, 4) is 5.75 Å². The first-order valence-electron chi connectivity index (χ1n) is 9.71. The molecule has 1 aliphatic heterocycles. The van der Waals surface area contributed by atoms with E-state index in [1.807, 2.05) is 4.90 Å². The second-order valence-corrected chi connectivity index (χ2v) is 7.01. The van der Waals surface area contributed by atoms with Gasteiger partial charge < -0.3 is 25.6 Å². The van der Waals surface area contributed by atoms with Gasteiger partial charge in [0.2, 0.25) is 5.91 Å². The molecule has 1 heterocycles. The smallest absolute Gasteiger partial charge is 0.254 e. The molecule has 1 aromatic rings. The van der Waals surface area contributed by atoms with Crippen LogP contribution in [0.5, 0.6) is 5.75 Å². The summed E-state index contributed by atoms with van der Waals surface area (Å²) in [5, 5.41) is 2.89. The van der Waals surface area contributed by atoms with E-state index < -0.39 is 0 Å². The molecule has 0 bridgehead atoms. The molecule has 0 atom stereocenters. The number of nitrogens with one attached hydrogen (secondary N) is 1. The summed E-state index contributed by atoms with van der Waals surface area (Å²) in [7, 11) is 3.61. The number of anilines is 1. The van der Waals surface area contributed by atoms with Crippen molar-refractivity contribution in [2.24, 2.45) is 5.73 Å². The number of piperazine rings is 1. The molecule has 150 valence electrons. The van der Waals surface area contributed by atoms with Crippen LogP contribution < -0.4 is 15.8 Å². The van der Waals surface area contributed by atoms with Crippen molar-refractivity contribution in [3.05, 3.63) is 23.8 Å². The van der Waals surface area contributed by atoms with Gasteiger partial charge in [0, 0.05) is 38.2 Å². The summed E-state index contributed by atoms with van der Waals surface area (Å²) >= 11 is 0. The quantitative estimate of drug-likeness (QED) is 0.643. The first-order valence-corrected chi connectivity index (χ1v) is 9.71. The van der Waals surface area contributed by atoms with Gasteiger partial charge in [0.15, 0.2) is 0 Å². The fraction of sp³-hybridized carbons (Fsp3) is 0.600. The Morgan fingerprint density at radius 3 is 2.48 bits per heavy atom. The average Bonchev–Trinajstić information content (AvgIpc) is 2.68. The molecule has 1 aromatic carbocycles. The first kappa shape index (κ1) is 21.2. The van der Waals surface area contributed by atoms with Gasteiger partial charge >= 0.3 is 0 Å². The number of likely N-dealkylation sites (N-methyl/N-ethyl adjacent to an activating group) is 1. The number of rotatable bonds is 9. The van der Waals surface area contributed by atoms with Crippen molar-refractivity contribution < 1.29 is 14.3 Å². The maximum atomic E-state index is 12.8. The van der Waals surface area contributed by atoms with Crippen LogP contribution in [-0.2, 0) is 4.79 Å². The lowest BCUT2D eigenvalue weighted by molar-refractivity contribution is -0.116. The van der Waals surface area contributed by atoms with Gasteiger partial charge in [-0.3, -0.25) is 9.59 Å². The maximum Gasteiger partial charge on any atom is 0.254 e. The third-order valence-corrected chi connectivity index (χ3v) is 4.87. The molecule has 0 radical (unpaired) electrons. The Morgan fingerprint density at radius 2 is 1.81 bits per heavy atom. The molecule has 7 nitrogen and oxygen atoms in total. The SMILES string of the molecule is COc1ccc(C(=O)N2CCN(C)CC2)cc1NC(=O)CCCCCCN. The summed E-state index contributed by atoms with van der Waals surface area (Å²) < 4.78 is 5.34. The molecule has 1 saturated heterocycles. The molecule has 0 unspecified atom stereocenters. The highest BCUT2D eigenvalue weighted by Gasteiger charge is 2.21. The second-order valence-electron chi connectivity index (χ2n) is 7.01. The van der Waals surface area contributed by atoms with E-state index in [1.165, 1.54) is 0 Å². The molecule has 0 aliphatic carbocycles. The molecule has 1 aliphatic rings. The van der Waals surface area contributed by atoms with Crippen LogP contribution in [0.3, 0.4) is 0 Å². The molecular formula is C20H32N4O3. The van der Waals surface area contributed by atoms with E-state index in [9.17, 15) is 9.59 Å². The van der Waals surface area contributed by atoms with E-state index in [1.54, 1.807) is 25.3 Å². The first-order chi connectivity index (χ1) is 13.0. The maximum absolute atomic E-state index is 12.8. The van der Waals surface area contributed by atoms with Gasteiger partial charge in [-0.15, -0.1) is 0 Å². The monoisotopic (exact) mass is 376 g/mol. The molecule has 0 aromatic heterocycles. The predicted octanol–water partition coefficient (Wildman–Crippen LogP) is 1.93. The number of methoxy groups -OCH3 is 1. The highest BCUT2D eigenvalue weighted by molar-refractivity contribution is 5.98. The Kier molecular flexibility index (Phi) is 8.54. The number of unbranched alkanes of at least 4 members (excludes halogenated alkanes) is 3. The second kappa shape index (κ2) is 10.9. The number of hydrogen-bond acceptors (Lipinski definition) is 5. The number of nitrogens with zero attached hydrogens (tertiary/aromatic N) is 2. The van der Waals surface area contributed by atoms with E-state index in [0.717, 1.165) is 38.8 Å². The molecule has 2 rings (SSSR count). The largest absolute Gasteiger partial charge is 0.495 e. The average molecular weight is 377 g/mol. The van der Waals surface area contributed by atoms with Gasteiger partial charge in [-0.2, -0.15) is 0 Å². The van der Waals surface area contributed by atoms with Crippen molar-refractivity contribution in [1.82, 2.24) is 9.80 Å². The molecule has 3 N–H and O–H groups in total. The number of nitrogens with two attached hydrogens (primary N) is 1. The molecule has 0 spiro atoms. The summed E-state index contributed by atoms with van der Waals surface area (Å²) in [6.45, 7) is 3.86. The summed E-state index contributed by atoms with van der Waals surface area (Å²) in [4.78, 5) is 29.1. The van der Waals surface area contributed by atoms with E-state index in [2.05, 4.69) is 17.3 Å². The number of ether oxygens (including phenoxy) is 1. The van der Waals surface area contributed by atoms with Crippen molar-refractivity contribution in [2.45, 2.75) is 32.1 Å². The van der Waals surface area contributed by atoms with Crippen LogP contribution in [0, 0.1) is 0 Å². The number of hydrogen-bond donors (Lipinski definition) is 2. The van der Waals surface area contributed by atoms with E-state index >= 15 is 0 Å². The predicted molar refractivity (Wildman–Crippen MR) is 107 cm³/mol. The Bertz CT molecular complexity index is 628. The molecule has 27 heavy (non-hydrogen) atoms. The minimum absolute atomic E-state index is 0.0111. The standard InChI is InChI=1S/C20H32N4O3/c1-23-11-13-24(14-12-23)20(26)16-8-9-18(27-2)17(15-16)22-19(25)7-5-3-4-6-10-21/h8-9,15H,3-7,10-14,21H2,1-2H3,(H,22,25). The van der Waals surface area contributed by atoms with Crippen LogP contribution in [-0.4, -0.2) is 68.5 Å². The van der Waals surface area contributed by atoms with E-state index in [4.69, 9.17) is 10.5 Å². The highest BCUT2D eigenvalue weighted by atomic mass is 16.5. The zero-order valence-electron chi connectivity index (χ0n) is 16.5. The molecule has 2 amide bonds. The van der Waals surface area contributed by atoms with Crippen LogP contribution in [0.25, 0.3) is 0 Å². The number of benzene rings is 1. The molecular weight excluding hydrogens is 344 g/mol.